The summed E-state index contributed by atoms with van der Waals surface area (Å²) < 4.78 is 5.42. The number of amides is 2. The lowest BCUT2D eigenvalue weighted by Gasteiger charge is -2.28. The van der Waals surface area contributed by atoms with Gasteiger partial charge in [0.05, 0.1) is 5.38 Å². The van der Waals surface area contributed by atoms with Crippen LogP contribution in [0.2, 0.25) is 0 Å². The van der Waals surface area contributed by atoms with Gasteiger partial charge >= 0.3 is 6.09 Å². The van der Waals surface area contributed by atoms with E-state index in [2.05, 4.69) is 0 Å². The van der Waals surface area contributed by atoms with E-state index in [1.54, 1.807) is 4.90 Å². The predicted octanol–water partition coefficient (Wildman–Crippen LogP) is 2.62. The molecule has 2 heterocycles. The highest BCUT2D eigenvalue weighted by molar-refractivity contribution is 6.22. The van der Waals surface area contributed by atoms with Crippen molar-refractivity contribution in [2.45, 2.75) is 63.5 Å². The van der Waals surface area contributed by atoms with Crippen LogP contribution < -0.4 is 0 Å². The molecule has 6 heteroatoms. The molecule has 2 amide bonds. The molecule has 2 unspecified atom stereocenters. The van der Waals surface area contributed by atoms with Gasteiger partial charge in [-0.15, -0.1) is 11.6 Å². The van der Waals surface area contributed by atoms with Crippen LogP contribution in [0.15, 0.2) is 0 Å². The molecule has 2 saturated heterocycles. The van der Waals surface area contributed by atoms with Crippen LogP contribution in [0.1, 0.15) is 46.5 Å². The molecule has 21 heavy (non-hydrogen) atoms. The molecule has 5 nitrogen and oxygen atoms in total. The van der Waals surface area contributed by atoms with Crippen LogP contribution in [0.4, 0.5) is 4.79 Å². The lowest BCUT2D eigenvalue weighted by molar-refractivity contribution is -0.129. The van der Waals surface area contributed by atoms with Crippen LogP contribution in [0.25, 0.3) is 0 Å². The third-order valence-electron chi connectivity index (χ3n) is 3.90. The maximum Gasteiger partial charge on any atom is 0.410 e. The minimum absolute atomic E-state index is 0.0669. The Labute approximate surface area is 131 Å². The van der Waals surface area contributed by atoms with Crippen molar-refractivity contribution < 1.29 is 14.3 Å². The number of carbonyl (C=O) groups is 2. The van der Waals surface area contributed by atoms with Gasteiger partial charge in [-0.2, -0.15) is 0 Å². The fourth-order valence-electron chi connectivity index (χ4n) is 2.94. The first kappa shape index (κ1) is 16.4. The van der Waals surface area contributed by atoms with Crippen LogP contribution in [0.5, 0.6) is 0 Å². The van der Waals surface area contributed by atoms with E-state index in [4.69, 9.17) is 16.3 Å². The van der Waals surface area contributed by atoms with Gasteiger partial charge in [-0.05, 0) is 40.0 Å². The zero-order valence-electron chi connectivity index (χ0n) is 13.1. The Hall–Kier alpha value is -0.970. The van der Waals surface area contributed by atoms with E-state index < -0.39 is 5.60 Å². The van der Waals surface area contributed by atoms with E-state index in [0.29, 0.717) is 26.1 Å². The summed E-state index contributed by atoms with van der Waals surface area (Å²) in [7, 11) is 0. The molecule has 2 rings (SSSR count). The number of halogens is 1. The Kier molecular flexibility index (Phi) is 5.02. The number of ether oxygens (including phenoxy) is 1. The molecule has 120 valence electrons. The number of nitrogens with zero attached hydrogens (tertiary/aromatic N) is 2. The van der Waals surface area contributed by atoms with E-state index in [1.165, 1.54) is 0 Å². The number of rotatable bonds is 1. The first-order valence-electron chi connectivity index (χ1n) is 7.68. The summed E-state index contributed by atoms with van der Waals surface area (Å²) in [5.41, 5.74) is -0.473. The molecule has 2 aliphatic rings. The maximum absolute atomic E-state index is 12.1. The van der Waals surface area contributed by atoms with Crippen molar-refractivity contribution in [3.05, 3.63) is 0 Å². The molecule has 2 aliphatic heterocycles. The van der Waals surface area contributed by atoms with E-state index in [-0.39, 0.29) is 23.4 Å². The number of alkyl halides is 1. The van der Waals surface area contributed by atoms with Crippen LogP contribution in [0.3, 0.4) is 0 Å². The summed E-state index contributed by atoms with van der Waals surface area (Å²) in [6.45, 7) is 7.57. The van der Waals surface area contributed by atoms with E-state index in [1.807, 2.05) is 25.7 Å². The smallest absolute Gasteiger partial charge is 0.410 e. The fourth-order valence-corrected chi connectivity index (χ4v) is 3.22. The molecular formula is C15H25ClN2O3. The largest absolute Gasteiger partial charge is 0.444 e. The van der Waals surface area contributed by atoms with E-state index >= 15 is 0 Å². The lowest BCUT2D eigenvalue weighted by atomic mass is 10.1. The fraction of sp³-hybridized carbons (Fsp3) is 0.867. The minimum Gasteiger partial charge on any atom is -0.444 e. The number of likely N-dealkylation sites (tertiary alicyclic amines) is 2. The molecule has 0 aromatic rings. The van der Waals surface area contributed by atoms with Gasteiger partial charge in [0.2, 0.25) is 5.91 Å². The van der Waals surface area contributed by atoms with Gasteiger partial charge in [0.15, 0.2) is 0 Å². The van der Waals surface area contributed by atoms with Gasteiger partial charge < -0.3 is 14.5 Å². The summed E-state index contributed by atoms with van der Waals surface area (Å²) in [6, 6.07) is 0.202. The molecule has 0 bridgehead atoms. The molecule has 0 N–H and O–H groups in total. The predicted molar refractivity (Wildman–Crippen MR) is 81.4 cm³/mol. The Bertz CT molecular complexity index is 408. The molecule has 0 aromatic heterocycles. The molecular weight excluding hydrogens is 292 g/mol. The zero-order chi connectivity index (χ0) is 15.6. The van der Waals surface area contributed by atoms with Crippen LogP contribution in [0, 0.1) is 0 Å². The van der Waals surface area contributed by atoms with Gasteiger partial charge in [-0.3, -0.25) is 4.79 Å². The third-order valence-corrected chi connectivity index (χ3v) is 4.19. The van der Waals surface area contributed by atoms with Gasteiger partial charge in [0.25, 0.3) is 0 Å². The Morgan fingerprint density at radius 3 is 2.57 bits per heavy atom. The summed E-state index contributed by atoms with van der Waals surface area (Å²) >= 11 is 6.07. The van der Waals surface area contributed by atoms with Crippen molar-refractivity contribution in [1.82, 2.24) is 9.80 Å². The highest BCUT2D eigenvalue weighted by Gasteiger charge is 2.35. The molecule has 0 aromatic carbocycles. The van der Waals surface area contributed by atoms with Crippen LogP contribution in [-0.4, -0.2) is 58.5 Å². The van der Waals surface area contributed by atoms with Crippen molar-refractivity contribution >= 4 is 23.6 Å². The second kappa shape index (κ2) is 6.42. The summed E-state index contributed by atoms with van der Waals surface area (Å²) in [6.07, 6.45) is 2.80. The summed E-state index contributed by atoms with van der Waals surface area (Å²) in [4.78, 5) is 27.7. The van der Waals surface area contributed by atoms with Crippen LogP contribution in [-0.2, 0) is 9.53 Å². The lowest BCUT2D eigenvalue weighted by Crippen LogP contribution is -2.39. The topological polar surface area (TPSA) is 49.9 Å². The Morgan fingerprint density at radius 1 is 1.29 bits per heavy atom. The first-order valence-corrected chi connectivity index (χ1v) is 8.11. The maximum atomic E-state index is 12.1. The second-order valence-corrected chi connectivity index (χ2v) is 7.52. The van der Waals surface area contributed by atoms with E-state index in [9.17, 15) is 9.59 Å². The normalized spacial score (nSPS) is 27.7. The van der Waals surface area contributed by atoms with Crippen molar-refractivity contribution in [2.24, 2.45) is 0 Å². The average Bonchev–Trinajstić information content (AvgIpc) is 2.58. The quantitative estimate of drug-likeness (QED) is 0.699. The average molecular weight is 317 g/mol. The SMILES string of the molecule is CC(C)(C)OC(=O)N1CCCC(N2CC(Cl)CC2=O)CC1. The number of carbonyl (C=O) groups excluding carboxylic acids is 2. The number of hydrogen-bond donors (Lipinski definition) is 0. The van der Waals surface area contributed by atoms with Crippen molar-refractivity contribution in [3.8, 4) is 0 Å². The zero-order valence-corrected chi connectivity index (χ0v) is 13.9. The Balaban J connectivity index is 1.90. The monoisotopic (exact) mass is 316 g/mol. The van der Waals surface area contributed by atoms with Crippen molar-refractivity contribution in [1.29, 1.82) is 0 Å². The number of hydrogen-bond acceptors (Lipinski definition) is 3. The summed E-state index contributed by atoms with van der Waals surface area (Å²) in [5, 5.41) is -0.0669. The van der Waals surface area contributed by atoms with Gasteiger partial charge in [0.1, 0.15) is 5.60 Å². The van der Waals surface area contributed by atoms with E-state index in [0.717, 1.165) is 19.3 Å². The first-order chi connectivity index (χ1) is 9.76. The molecule has 0 saturated carbocycles. The second-order valence-electron chi connectivity index (χ2n) is 6.90. The molecule has 0 aliphatic carbocycles. The van der Waals surface area contributed by atoms with Gasteiger partial charge in [-0.25, -0.2) is 4.79 Å². The summed E-state index contributed by atoms with van der Waals surface area (Å²) in [5.74, 6) is 0.144. The minimum atomic E-state index is -0.473. The molecule has 2 fully saturated rings. The van der Waals surface area contributed by atoms with Gasteiger partial charge in [0, 0.05) is 32.1 Å². The highest BCUT2D eigenvalue weighted by Crippen LogP contribution is 2.25. The van der Waals surface area contributed by atoms with Gasteiger partial charge in [-0.1, -0.05) is 0 Å². The third kappa shape index (κ3) is 4.50. The molecule has 0 radical (unpaired) electrons. The highest BCUT2D eigenvalue weighted by atomic mass is 35.5. The molecule has 0 spiro atoms. The standard InChI is InChI=1S/C15H25ClN2O3/c1-15(2,3)21-14(20)17-7-4-5-12(6-8-17)18-10-11(16)9-13(18)19/h11-12H,4-10H2,1-3H3. The molecule has 2 atom stereocenters. The van der Waals surface area contributed by atoms with Crippen molar-refractivity contribution in [2.75, 3.05) is 19.6 Å². The Morgan fingerprint density at radius 2 is 2.00 bits per heavy atom. The van der Waals surface area contributed by atoms with Crippen LogP contribution >= 0.6 is 11.6 Å². The van der Waals surface area contributed by atoms with Crippen molar-refractivity contribution in [3.63, 3.8) is 0 Å².